The molecule has 5 heteroatoms. The lowest BCUT2D eigenvalue weighted by Gasteiger charge is -2.32. The second-order valence-corrected chi connectivity index (χ2v) is 5.83. The molecule has 2 aliphatic rings. The molecule has 5 nitrogen and oxygen atoms in total. The summed E-state index contributed by atoms with van der Waals surface area (Å²) in [4.78, 5) is 16.4. The van der Waals surface area contributed by atoms with Gasteiger partial charge in [0.15, 0.2) is 0 Å². The molecule has 2 rings (SSSR count). The molecule has 0 bridgehead atoms. The smallest absolute Gasteiger partial charge is 0.320 e. The normalized spacial score (nSPS) is 30.2. The quantitative estimate of drug-likeness (QED) is 0.744. The van der Waals surface area contributed by atoms with Gasteiger partial charge in [0.1, 0.15) is 6.10 Å². The lowest BCUT2D eigenvalue weighted by molar-refractivity contribution is -0.152. The van der Waals surface area contributed by atoms with Crippen molar-refractivity contribution in [3.8, 4) is 0 Å². The van der Waals surface area contributed by atoms with E-state index in [1.165, 1.54) is 0 Å². The first-order valence-electron chi connectivity index (χ1n) is 7.45. The SMILES string of the molecule is CNC1CCC(OC(=O)CN2CCN(C)CC2)CC1. The van der Waals surface area contributed by atoms with Crippen LogP contribution in [0.25, 0.3) is 0 Å². The van der Waals surface area contributed by atoms with Crippen molar-refractivity contribution in [3.63, 3.8) is 0 Å². The van der Waals surface area contributed by atoms with E-state index in [2.05, 4.69) is 22.2 Å². The van der Waals surface area contributed by atoms with E-state index in [-0.39, 0.29) is 12.1 Å². The maximum absolute atomic E-state index is 11.9. The van der Waals surface area contributed by atoms with Crippen molar-refractivity contribution in [2.45, 2.75) is 37.8 Å². The number of rotatable bonds is 4. The summed E-state index contributed by atoms with van der Waals surface area (Å²) in [6.45, 7) is 4.48. The van der Waals surface area contributed by atoms with Crippen LogP contribution in [0, 0.1) is 0 Å². The van der Waals surface area contributed by atoms with Gasteiger partial charge in [-0.2, -0.15) is 0 Å². The van der Waals surface area contributed by atoms with Crippen molar-refractivity contribution in [1.29, 1.82) is 0 Å². The highest BCUT2D eigenvalue weighted by Crippen LogP contribution is 2.21. The standard InChI is InChI=1S/C14H27N3O2/c1-15-12-3-5-13(6-4-12)19-14(18)11-17-9-7-16(2)8-10-17/h12-13,15H,3-11H2,1-2H3. The van der Waals surface area contributed by atoms with Gasteiger partial charge in [0.25, 0.3) is 0 Å². The molecule has 1 heterocycles. The number of hydrogen-bond donors (Lipinski definition) is 1. The zero-order valence-electron chi connectivity index (χ0n) is 12.2. The Hall–Kier alpha value is -0.650. The van der Waals surface area contributed by atoms with Gasteiger partial charge in [0.05, 0.1) is 6.54 Å². The molecular weight excluding hydrogens is 242 g/mol. The van der Waals surface area contributed by atoms with Gasteiger partial charge >= 0.3 is 5.97 Å². The number of carbonyl (C=O) groups is 1. The monoisotopic (exact) mass is 269 g/mol. The summed E-state index contributed by atoms with van der Waals surface area (Å²) < 4.78 is 5.59. The largest absolute Gasteiger partial charge is 0.461 e. The van der Waals surface area contributed by atoms with E-state index in [1.807, 2.05) is 7.05 Å². The van der Waals surface area contributed by atoms with E-state index in [4.69, 9.17) is 4.74 Å². The first-order valence-corrected chi connectivity index (χ1v) is 7.45. The van der Waals surface area contributed by atoms with Gasteiger partial charge in [0, 0.05) is 32.2 Å². The second kappa shape index (κ2) is 7.22. The Labute approximate surface area is 116 Å². The highest BCUT2D eigenvalue weighted by molar-refractivity contribution is 5.71. The van der Waals surface area contributed by atoms with Crippen molar-refractivity contribution >= 4 is 5.97 Å². The average molecular weight is 269 g/mol. The molecule has 1 aliphatic carbocycles. The highest BCUT2D eigenvalue weighted by Gasteiger charge is 2.24. The Morgan fingerprint density at radius 1 is 1.16 bits per heavy atom. The summed E-state index contributed by atoms with van der Waals surface area (Å²) >= 11 is 0. The molecule has 110 valence electrons. The number of nitrogens with one attached hydrogen (secondary N) is 1. The lowest BCUT2D eigenvalue weighted by atomic mass is 9.93. The van der Waals surface area contributed by atoms with Gasteiger partial charge < -0.3 is 15.0 Å². The topological polar surface area (TPSA) is 44.8 Å². The molecule has 0 aromatic rings. The minimum atomic E-state index is -0.0440. The Morgan fingerprint density at radius 2 is 1.79 bits per heavy atom. The van der Waals surface area contributed by atoms with Gasteiger partial charge in [-0.3, -0.25) is 9.69 Å². The number of piperazine rings is 1. The third kappa shape index (κ3) is 4.75. The Morgan fingerprint density at radius 3 is 2.37 bits per heavy atom. The van der Waals surface area contributed by atoms with E-state index in [9.17, 15) is 4.79 Å². The van der Waals surface area contributed by atoms with Gasteiger partial charge in [-0.1, -0.05) is 0 Å². The molecule has 0 unspecified atom stereocenters. The molecule has 1 saturated carbocycles. The van der Waals surface area contributed by atoms with Crippen molar-refractivity contribution in [1.82, 2.24) is 15.1 Å². The minimum absolute atomic E-state index is 0.0440. The Bertz CT molecular complexity index is 282. The molecule has 0 radical (unpaired) electrons. The molecular formula is C14H27N3O2. The van der Waals surface area contributed by atoms with Crippen LogP contribution in [-0.4, -0.2) is 74.7 Å². The van der Waals surface area contributed by atoms with Crippen LogP contribution in [0.4, 0.5) is 0 Å². The second-order valence-electron chi connectivity index (χ2n) is 5.83. The molecule has 1 aliphatic heterocycles. The third-order valence-electron chi connectivity index (χ3n) is 4.33. The number of nitrogens with zero attached hydrogens (tertiary/aromatic N) is 2. The van der Waals surface area contributed by atoms with E-state index in [0.717, 1.165) is 51.9 Å². The summed E-state index contributed by atoms with van der Waals surface area (Å²) in [5, 5.41) is 3.29. The third-order valence-corrected chi connectivity index (χ3v) is 4.33. The summed E-state index contributed by atoms with van der Waals surface area (Å²) in [6, 6.07) is 0.604. The van der Waals surface area contributed by atoms with Crippen LogP contribution in [0.1, 0.15) is 25.7 Å². The molecule has 0 atom stereocenters. The van der Waals surface area contributed by atoms with Crippen LogP contribution in [-0.2, 0) is 9.53 Å². The fraction of sp³-hybridized carbons (Fsp3) is 0.929. The summed E-state index contributed by atoms with van der Waals surface area (Å²) in [5.41, 5.74) is 0. The minimum Gasteiger partial charge on any atom is -0.461 e. The lowest BCUT2D eigenvalue weighted by Crippen LogP contribution is -2.47. The number of ether oxygens (including phenoxy) is 1. The number of esters is 1. The van der Waals surface area contributed by atoms with Crippen molar-refractivity contribution in [2.24, 2.45) is 0 Å². The predicted molar refractivity (Wildman–Crippen MR) is 75.1 cm³/mol. The summed E-state index contributed by atoms with van der Waals surface area (Å²) in [6.07, 6.45) is 4.37. The highest BCUT2D eigenvalue weighted by atomic mass is 16.5. The maximum atomic E-state index is 11.9. The van der Waals surface area contributed by atoms with Gasteiger partial charge in [0.2, 0.25) is 0 Å². The zero-order valence-corrected chi connectivity index (χ0v) is 12.2. The first kappa shape index (κ1) is 14.8. The molecule has 1 saturated heterocycles. The molecule has 0 spiro atoms. The Kier molecular flexibility index (Phi) is 5.60. The average Bonchev–Trinajstić information content (AvgIpc) is 2.42. The number of hydrogen-bond acceptors (Lipinski definition) is 5. The fourth-order valence-corrected chi connectivity index (χ4v) is 2.88. The molecule has 0 aromatic carbocycles. The van der Waals surface area contributed by atoms with Crippen molar-refractivity contribution < 1.29 is 9.53 Å². The summed E-state index contributed by atoms with van der Waals surface area (Å²) in [7, 11) is 4.13. The zero-order chi connectivity index (χ0) is 13.7. The Balaban J connectivity index is 1.64. The van der Waals surface area contributed by atoms with Crippen LogP contribution >= 0.6 is 0 Å². The van der Waals surface area contributed by atoms with Crippen LogP contribution < -0.4 is 5.32 Å². The molecule has 19 heavy (non-hydrogen) atoms. The van der Waals surface area contributed by atoms with E-state index in [0.29, 0.717) is 12.6 Å². The van der Waals surface area contributed by atoms with E-state index < -0.39 is 0 Å². The van der Waals surface area contributed by atoms with Crippen LogP contribution in [0.15, 0.2) is 0 Å². The molecule has 0 aromatic heterocycles. The molecule has 2 fully saturated rings. The van der Waals surface area contributed by atoms with Crippen LogP contribution in [0.2, 0.25) is 0 Å². The van der Waals surface area contributed by atoms with Crippen LogP contribution in [0.5, 0.6) is 0 Å². The summed E-state index contributed by atoms with van der Waals surface area (Å²) in [5.74, 6) is -0.0440. The fourth-order valence-electron chi connectivity index (χ4n) is 2.88. The maximum Gasteiger partial charge on any atom is 0.320 e. The van der Waals surface area contributed by atoms with Gasteiger partial charge in [-0.05, 0) is 39.8 Å². The number of likely N-dealkylation sites (N-methyl/N-ethyl adjacent to an activating group) is 1. The van der Waals surface area contributed by atoms with Crippen LogP contribution in [0.3, 0.4) is 0 Å². The number of carbonyl (C=O) groups excluding carboxylic acids is 1. The van der Waals surface area contributed by atoms with Gasteiger partial charge in [-0.15, -0.1) is 0 Å². The predicted octanol–water partition coefficient (Wildman–Crippen LogP) is 0.308. The van der Waals surface area contributed by atoms with E-state index in [1.54, 1.807) is 0 Å². The van der Waals surface area contributed by atoms with E-state index >= 15 is 0 Å². The van der Waals surface area contributed by atoms with Crippen molar-refractivity contribution in [3.05, 3.63) is 0 Å². The van der Waals surface area contributed by atoms with Crippen molar-refractivity contribution in [2.75, 3.05) is 46.8 Å². The van der Waals surface area contributed by atoms with Gasteiger partial charge in [-0.25, -0.2) is 0 Å². The first-order chi connectivity index (χ1) is 9.17. The molecule has 0 amide bonds. The molecule has 1 N–H and O–H groups in total.